The molecule has 6 aromatic rings. The summed E-state index contributed by atoms with van der Waals surface area (Å²) in [5.41, 5.74) is 6.42. The molecule has 174 valence electrons. The van der Waals surface area contributed by atoms with Crippen LogP contribution in [0.15, 0.2) is 36.7 Å². The molecule has 1 aromatic carbocycles. The van der Waals surface area contributed by atoms with E-state index in [0.717, 1.165) is 48.5 Å². The molecule has 0 saturated carbocycles. The molecule has 0 radical (unpaired) electrons. The Kier molecular flexibility index (Phi) is 4.65. The highest BCUT2D eigenvalue weighted by Crippen LogP contribution is 2.36. The Labute approximate surface area is 203 Å². The van der Waals surface area contributed by atoms with Gasteiger partial charge in [0, 0.05) is 16.6 Å². The lowest BCUT2D eigenvalue weighted by molar-refractivity contribution is -0.386. The zero-order chi connectivity index (χ0) is 24.4. The Morgan fingerprint density at radius 3 is 2.66 bits per heavy atom. The van der Waals surface area contributed by atoms with Crippen LogP contribution < -0.4 is 0 Å². The molecule has 11 heteroatoms. The van der Waals surface area contributed by atoms with Crippen molar-refractivity contribution >= 4 is 43.1 Å². The molecule has 0 aliphatic heterocycles. The Bertz CT molecular complexity index is 1810. The minimum Gasteiger partial charge on any atom is -0.258 e. The number of pyridine rings is 1. The van der Waals surface area contributed by atoms with Gasteiger partial charge >= 0.3 is 5.69 Å². The number of hydrogen-bond acceptors (Lipinski definition) is 8. The summed E-state index contributed by atoms with van der Waals surface area (Å²) < 4.78 is 4.29. The molecule has 0 atom stereocenters. The predicted molar refractivity (Wildman–Crippen MR) is 134 cm³/mol. The molecule has 6 rings (SSSR count). The van der Waals surface area contributed by atoms with Crippen molar-refractivity contribution in [3.63, 3.8) is 0 Å². The van der Waals surface area contributed by atoms with Gasteiger partial charge in [0.1, 0.15) is 27.2 Å². The number of nitrogens with zero attached hydrogens (tertiary/aromatic N) is 8. The summed E-state index contributed by atoms with van der Waals surface area (Å²) in [6.07, 6.45) is 1.69. The van der Waals surface area contributed by atoms with Gasteiger partial charge in [0.25, 0.3) is 0 Å². The number of benzene rings is 1. The second-order valence-corrected chi connectivity index (χ2v) is 9.58. The Balaban J connectivity index is 1.49. The van der Waals surface area contributed by atoms with Crippen molar-refractivity contribution in [2.24, 2.45) is 0 Å². The molecule has 0 aliphatic rings. The van der Waals surface area contributed by atoms with Gasteiger partial charge < -0.3 is 0 Å². The molecule has 5 aromatic heterocycles. The van der Waals surface area contributed by atoms with Gasteiger partial charge in [0.2, 0.25) is 0 Å². The van der Waals surface area contributed by atoms with Crippen molar-refractivity contribution < 1.29 is 4.92 Å². The summed E-state index contributed by atoms with van der Waals surface area (Å²) in [6.45, 7) is 7.79. The van der Waals surface area contributed by atoms with Crippen LogP contribution in [-0.2, 0) is 6.54 Å². The Hall–Kier alpha value is -4.25. The average Bonchev–Trinajstić information content (AvgIpc) is 3.47. The number of rotatable bonds is 4. The number of thiophene rings is 1. The minimum atomic E-state index is -0.384. The van der Waals surface area contributed by atoms with Crippen LogP contribution in [0.2, 0.25) is 0 Å². The molecule has 0 amide bonds. The van der Waals surface area contributed by atoms with Gasteiger partial charge in [-0.15, -0.1) is 16.4 Å². The van der Waals surface area contributed by atoms with Gasteiger partial charge in [-0.2, -0.15) is 5.10 Å². The second kappa shape index (κ2) is 7.64. The molecule has 0 saturated heterocycles. The van der Waals surface area contributed by atoms with E-state index in [4.69, 9.17) is 15.1 Å². The van der Waals surface area contributed by atoms with E-state index in [1.165, 1.54) is 0 Å². The zero-order valence-electron chi connectivity index (χ0n) is 19.5. The van der Waals surface area contributed by atoms with Crippen molar-refractivity contribution in [2.45, 2.75) is 34.2 Å². The topological polar surface area (TPSA) is 117 Å². The maximum atomic E-state index is 11.4. The molecule has 35 heavy (non-hydrogen) atoms. The first-order valence-corrected chi connectivity index (χ1v) is 11.8. The van der Waals surface area contributed by atoms with Crippen LogP contribution in [0.4, 0.5) is 5.69 Å². The maximum Gasteiger partial charge on any atom is 0.312 e. The smallest absolute Gasteiger partial charge is 0.258 e. The molecule has 5 heterocycles. The first kappa shape index (κ1) is 21.3. The molecule has 10 nitrogen and oxygen atoms in total. The quantitative estimate of drug-likeness (QED) is 0.257. The lowest BCUT2D eigenvalue weighted by atomic mass is 10.1. The highest BCUT2D eigenvalue weighted by atomic mass is 32.1. The van der Waals surface area contributed by atoms with Gasteiger partial charge in [-0.3, -0.25) is 14.8 Å². The minimum absolute atomic E-state index is 0.0469. The van der Waals surface area contributed by atoms with E-state index >= 15 is 0 Å². The highest BCUT2D eigenvalue weighted by Gasteiger charge is 2.23. The van der Waals surface area contributed by atoms with E-state index in [9.17, 15) is 10.1 Å². The van der Waals surface area contributed by atoms with Crippen molar-refractivity contribution in [1.29, 1.82) is 0 Å². The largest absolute Gasteiger partial charge is 0.312 e. The zero-order valence-corrected chi connectivity index (χ0v) is 20.3. The maximum absolute atomic E-state index is 11.4. The number of nitro groups is 1. The first-order chi connectivity index (χ1) is 16.8. The number of fused-ring (bicyclic) bond motifs is 5. The van der Waals surface area contributed by atoms with E-state index in [1.807, 2.05) is 31.2 Å². The second-order valence-electron chi connectivity index (χ2n) is 8.58. The SMILES string of the molecule is Cc1cc(C)c2c(n1)sc1c2ncn2nc(-c3ccccc3Cn3nc(C)c([N+](=O)[O-])c3C)nc12. The molecule has 0 bridgehead atoms. The van der Waals surface area contributed by atoms with Crippen LogP contribution in [0, 0.1) is 37.8 Å². The van der Waals surface area contributed by atoms with E-state index in [-0.39, 0.29) is 10.6 Å². The fraction of sp³-hybridized carbons (Fsp3) is 0.208. The van der Waals surface area contributed by atoms with Gasteiger partial charge in [0.15, 0.2) is 11.5 Å². The van der Waals surface area contributed by atoms with E-state index in [2.05, 4.69) is 23.1 Å². The van der Waals surface area contributed by atoms with E-state index in [1.54, 1.807) is 40.7 Å². The predicted octanol–water partition coefficient (Wildman–Crippen LogP) is 4.94. The lowest BCUT2D eigenvalue weighted by Crippen LogP contribution is -2.06. The van der Waals surface area contributed by atoms with Crippen LogP contribution in [-0.4, -0.2) is 39.3 Å². The van der Waals surface area contributed by atoms with Crippen molar-refractivity contribution in [3.05, 3.63) is 75.0 Å². The summed E-state index contributed by atoms with van der Waals surface area (Å²) >= 11 is 1.57. The molecule has 0 N–H and O–H groups in total. The van der Waals surface area contributed by atoms with Crippen LogP contribution in [0.5, 0.6) is 0 Å². The molecular formula is C24H20N8O2S. The normalized spacial score (nSPS) is 11.8. The lowest BCUT2D eigenvalue weighted by Gasteiger charge is -2.08. The summed E-state index contributed by atoms with van der Waals surface area (Å²) in [6, 6.07) is 9.84. The van der Waals surface area contributed by atoms with Crippen molar-refractivity contribution in [1.82, 2.24) is 34.3 Å². The van der Waals surface area contributed by atoms with Crippen LogP contribution in [0.1, 0.15) is 28.2 Å². The van der Waals surface area contributed by atoms with Crippen LogP contribution >= 0.6 is 11.3 Å². The molecule has 0 unspecified atom stereocenters. The third-order valence-electron chi connectivity index (χ3n) is 6.20. The van der Waals surface area contributed by atoms with Crippen molar-refractivity contribution in [2.75, 3.05) is 0 Å². The van der Waals surface area contributed by atoms with Gasteiger partial charge in [-0.25, -0.2) is 19.5 Å². The Morgan fingerprint density at radius 2 is 1.89 bits per heavy atom. The highest BCUT2D eigenvalue weighted by molar-refractivity contribution is 7.26. The van der Waals surface area contributed by atoms with Gasteiger partial charge in [0.05, 0.1) is 17.0 Å². The third kappa shape index (κ3) is 3.27. The van der Waals surface area contributed by atoms with Crippen molar-refractivity contribution in [3.8, 4) is 11.4 Å². The molecular weight excluding hydrogens is 464 g/mol. The molecule has 0 fully saturated rings. The number of hydrogen-bond donors (Lipinski definition) is 0. The molecule has 0 spiro atoms. The van der Waals surface area contributed by atoms with Gasteiger partial charge in [-0.1, -0.05) is 24.3 Å². The standard InChI is InChI=1S/C24H20N8O2S/c1-12-9-13(2)26-24-18(12)19-21(35-24)23-27-22(29-31(23)11-25-19)17-8-6-5-7-16(17)10-30-15(4)20(32(33)34)14(3)28-30/h5-9,11H,10H2,1-4H3. The monoisotopic (exact) mass is 484 g/mol. The van der Waals surface area contributed by atoms with E-state index in [0.29, 0.717) is 23.8 Å². The number of aryl methyl sites for hydroxylation is 3. The van der Waals surface area contributed by atoms with E-state index < -0.39 is 0 Å². The summed E-state index contributed by atoms with van der Waals surface area (Å²) in [5.74, 6) is 0.559. The summed E-state index contributed by atoms with van der Waals surface area (Å²) in [7, 11) is 0. The third-order valence-corrected chi connectivity index (χ3v) is 7.27. The van der Waals surface area contributed by atoms with Crippen LogP contribution in [0.25, 0.3) is 37.5 Å². The summed E-state index contributed by atoms with van der Waals surface area (Å²) in [5, 5.41) is 21.6. The van der Waals surface area contributed by atoms with Crippen LogP contribution in [0.3, 0.4) is 0 Å². The first-order valence-electron chi connectivity index (χ1n) is 11.0. The number of aromatic nitrogens is 7. The summed E-state index contributed by atoms with van der Waals surface area (Å²) in [4.78, 5) is 26.3. The van der Waals surface area contributed by atoms with Gasteiger partial charge in [-0.05, 0) is 44.9 Å². The fourth-order valence-corrected chi connectivity index (χ4v) is 5.85. The Morgan fingerprint density at radius 1 is 1.09 bits per heavy atom. The average molecular weight is 485 g/mol. The fourth-order valence-electron chi connectivity index (χ4n) is 4.63. The molecule has 0 aliphatic carbocycles.